The molecular weight excluding hydrogens is 291 g/mol. The summed E-state index contributed by atoms with van der Waals surface area (Å²) in [6.45, 7) is 1.90. The molecule has 2 aromatic rings. The van der Waals surface area contributed by atoms with Crippen LogP contribution in [0.1, 0.15) is 18.1 Å². The molecule has 0 aliphatic rings. The Morgan fingerprint density at radius 3 is 2.75 bits per heavy atom. The van der Waals surface area contributed by atoms with Crippen molar-refractivity contribution in [3.63, 3.8) is 0 Å². The van der Waals surface area contributed by atoms with Gasteiger partial charge in [0, 0.05) is 24.8 Å². The number of halogens is 2. The molecule has 0 spiro atoms. The van der Waals surface area contributed by atoms with Crippen molar-refractivity contribution in [2.24, 2.45) is 0 Å². The highest BCUT2D eigenvalue weighted by Crippen LogP contribution is 2.24. The normalized spacial score (nSPS) is 13.1. The van der Waals surface area contributed by atoms with Crippen molar-refractivity contribution in [3.8, 4) is 0 Å². The molecule has 0 aliphatic heterocycles. The first-order chi connectivity index (χ1) is 7.50. The maximum atomic E-state index is 6.11. The Hall–Kier alpha value is -0.810. The minimum Gasteiger partial charge on any atom is -0.316 e. The highest BCUT2D eigenvalue weighted by atomic mass is 79.9. The van der Waals surface area contributed by atoms with E-state index in [4.69, 9.17) is 11.6 Å². The van der Waals surface area contributed by atoms with Crippen molar-refractivity contribution < 1.29 is 0 Å². The summed E-state index contributed by atoms with van der Waals surface area (Å²) in [6, 6.07) is 1.94. The second-order valence-corrected chi connectivity index (χ2v) is 5.31. The maximum Gasteiger partial charge on any atom is 0.179 e. The zero-order chi connectivity index (χ0) is 11.9. The van der Waals surface area contributed by atoms with Crippen molar-refractivity contribution >= 4 is 38.7 Å². The van der Waals surface area contributed by atoms with Gasteiger partial charge in [0.15, 0.2) is 5.65 Å². The van der Waals surface area contributed by atoms with E-state index < -0.39 is 0 Å². The molecule has 4 nitrogen and oxygen atoms in total. The van der Waals surface area contributed by atoms with Crippen LogP contribution in [0.15, 0.2) is 16.7 Å². The van der Waals surface area contributed by atoms with E-state index in [1.807, 2.05) is 36.8 Å². The Bertz CT molecular complexity index is 521. The first-order valence-corrected chi connectivity index (χ1v) is 6.09. The first-order valence-electron chi connectivity index (χ1n) is 4.86. The largest absolute Gasteiger partial charge is 0.316 e. The fourth-order valence-corrected chi connectivity index (χ4v) is 2.06. The van der Waals surface area contributed by atoms with Crippen molar-refractivity contribution in [3.05, 3.63) is 22.6 Å². The van der Waals surface area contributed by atoms with Crippen LogP contribution in [-0.4, -0.2) is 28.7 Å². The summed E-state index contributed by atoms with van der Waals surface area (Å²) < 4.78 is 2.83. The van der Waals surface area contributed by atoms with Crippen molar-refractivity contribution in [1.82, 2.24) is 14.6 Å². The molecule has 0 saturated carbocycles. The van der Waals surface area contributed by atoms with E-state index in [0.29, 0.717) is 0 Å². The Morgan fingerprint density at radius 1 is 1.50 bits per heavy atom. The molecule has 0 aromatic carbocycles. The minimum absolute atomic E-state index is 0.157. The number of pyridine rings is 1. The molecule has 0 aliphatic carbocycles. The van der Waals surface area contributed by atoms with Gasteiger partial charge in [0.2, 0.25) is 0 Å². The van der Waals surface area contributed by atoms with Gasteiger partial charge in [0.1, 0.15) is 11.3 Å². The molecule has 2 rings (SSSR count). The topological polar surface area (TPSA) is 34.0 Å². The molecule has 6 heteroatoms. The van der Waals surface area contributed by atoms with Crippen molar-refractivity contribution in [2.45, 2.75) is 12.3 Å². The summed E-state index contributed by atoms with van der Waals surface area (Å²) in [7, 11) is 3.88. The van der Waals surface area contributed by atoms with Crippen molar-refractivity contribution in [1.29, 1.82) is 0 Å². The molecule has 0 radical (unpaired) electrons. The summed E-state index contributed by atoms with van der Waals surface area (Å²) >= 11 is 9.50. The van der Waals surface area contributed by atoms with E-state index in [2.05, 4.69) is 25.9 Å². The van der Waals surface area contributed by atoms with Crippen LogP contribution < -0.4 is 5.01 Å². The number of alkyl halides is 1. The molecule has 0 N–H and O–H groups in total. The Morgan fingerprint density at radius 2 is 2.19 bits per heavy atom. The van der Waals surface area contributed by atoms with E-state index in [9.17, 15) is 0 Å². The molecule has 1 atom stereocenters. The van der Waals surface area contributed by atoms with E-state index in [-0.39, 0.29) is 5.38 Å². The molecule has 0 saturated heterocycles. The molecular formula is C10H12BrClN4. The number of aromatic nitrogens is 3. The predicted octanol–water partition coefficient (Wildman–Crippen LogP) is 2.69. The molecule has 0 bridgehead atoms. The molecule has 2 aromatic heterocycles. The number of rotatable bonds is 2. The van der Waals surface area contributed by atoms with Crippen LogP contribution in [0.25, 0.3) is 11.2 Å². The summed E-state index contributed by atoms with van der Waals surface area (Å²) in [5.74, 6) is 0.798. The number of hydrogen-bond acceptors (Lipinski definition) is 3. The molecule has 1 unspecified atom stereocenters. The third-order valence-corrected chi connectivity index (χ3v) is 2.85. The van der Waals surface area contributed by atoms with Gasteiger partial charge in [0.25, 0.3) is 0 Å². The summed E-state index contributed by atoms with van der Waals surface area (Å²) in [6.07, 6.45) is 1.76. The van der Waals surface area contributed by atoms with Crippen LogP contribution in [0.2, 0.25) is 0 Å². The van der Waals surface area contributed by atoms with E-state index in [1.165, 1.54) is 0 Å². The fraction of sp³-hybridized carbons (Fsp3) is 0.400. The van der Waals surface area contributed by atoms with E-state index in [1.54, 1.807) is 6.20 Å². The van der Waals surface area contributed by atoms with E-state index >= 15 is 0 Å². The zero-order valence-corrected chi connectivity index (χ0v) is 11.6. The predicted molar refractivity (Wildman–Crippen MR) is 69.6 cm³/mol. The quantitative estimate of drug-likeness (QED) is 0.800. The molecule has 16 heavy (non-hydrogen) atoms. The van der Waals surface area contributed by atoms with Crippen LogP contribution >= 0.6 is 27.5 Å². The molecule has 0 fully saturated rings. The third kappa shape index (κ3) is 1.89. The lowest BCUT2D eigenvalue weighted by atomic mass is 10.4. The third-order valence-electron chi connectivity index (χ3n) is 2.22. The fourth-order valence-electron chi connectivity index (χ4n) is 1.60. The summed E-state index contributed by atoms with van der Waals surface area (Å²) in [5, 5.41) is 1.76. The van der Waals surface area contributed by atoms with Gasteiger partial charge in [-0.25, -0.2) is 14.6 Å². The van der Waals surface area contributed by atoms with Crippen LogP contribution in [0.5, 0.6) is 0 Å². The average Bonchev–Trinajstić information content (AvgIpc) is 2.55. The van der Waals surface area contributed by atoms with Crippen molar-refractivity contribution in [2.75, 3.05) is 19.1 Å². The standard InChI is InChI=1S/C10H12BrClN4/c1-6(12)9-14-8-4-7(11)5-13-10(8)16(9)15(2)3/h4-6H,1-3H3. The van der Waals surface area contributed by atoms with Crippen LogP contribution in [0, 0.1) is 0 Å². The van der Waals surface area contributed by atoms with Gasteiger partial charge < -0.3 is 5.01 Å². The van der Waals surface area contributed by atoms with Gasteiger partial charge >= 0.3 is 0 Å². The van der Waals surface area contributed by atoms with Crippen LogP contribution in [0.3, 0.4) is 0 Å². The van der Waals surface area contributed by atoms with Gasteiger partial charge in [0.05, 0.1) is 5.38 Å². The zero-order valence-electron chi connectivity index (χ0n) is 9.28. The summed E-state index contributed by atoms with van der Waals surface area (Å²) in [5.41, 5.74) is 1.65. The second-order valence-electron chi connectivity index (χ2n) is 3.74. The van der Waals surface area contributed by atoms with Crippen LogP contribution in [-0.2, 0) is 0 Å². The first kappa shape index (κ1) is 11.7. The van der Waals surface area contributed by atoms with Gasteiger partial charge in [-0.15, -0.1) is 11.6 Å². The van der Waals surface area contributed by atoms with Gasteiger partial charge in [-0.1, -0.05) is 0 Å². The van der Waals surface area contributed by atoms with Gasteiger partial charge in [-0.05, 0) is 28.9 Å². The number of nitrogens with zero attached hydrogens (tertiary/aromatic N) is 4. The lowest BCUT2D eigenvalue weighted by Crippen LogP contribution is -2.27. The Balaban J connectivity index is 2.75. The molecule has 2 heterocycles. The lowest BCUT2D eigenvalue weighted by molar-refractivity contribution is 0.689. The van der Waals surface area contributed by atoms with Gasteiger partial charge in [-0.2, -0.15) is 0 Å². The lowest BCUT2D eigenvalue weighted by Gasteiger charge is -2.18. The number of fused-ring (bicyclic) bond motifs is 1. The highest BCUT2D eigenvalue weighted by Gasteiger charge is 2.17. The highest BCUT2D eigenvalue weighted by molar-refractivity contribution is 9.10. The monoisotopic (exact) mass is 302 g/mol. The Kier molecular flexibility index (Phi) is 3.08. The maximum absolute atomic E-state index is 6.11. The molecule has 86 valence electrons. The summed E-state index contributed by atoms with van der Waals surface area (Å²) in [4.78, 5) is 8.85. The average molecular weight is 304 g/mol. The smallest absolute Gasteiger partial charge is 0.179 e. The Labute approximate surface area is 107 Å². The van der Waals surface area contributed by atoms with Crippen LogP contribution in [0.4, 0.5) is 0 Å². The second kappa shape index (κ2) is 4.22. The van der Waals surface area contributed by atoms with E-state index in [0.717, 1.165) is 21.5 Å². The minimum atomic E-state index is -0.157. The number of hydrogen-bond donors (Lipinski definition) is 0. The molecule has 0 amide bonds. The number of imidazole rings is 1. The SMILES string of the molecule is CC(Cl)c1nc2cc(Br)cnc2n1N(C)C. The van der Waals surface area contributed by atoms with Gasteiger partial charge in [-0.3, -0.25) is 0 Å².